The van der Waals surface area contributed by atoms with E-state index in [1.165, 1.54) is 11.6 Å². The Bertz CT molecular complexity index is 1360. The van der Waals surface area contributed by atoms with E-state index in [0.717, 1.165) is 54.8 Å². The Labute approximate surface area is 201 Å². The monoisotopic (exact) mass is 480 g/mol. The highest BCUT2D eigenvalue weighted by Crippen LogP contribution is 2.37. The van der Waals surface area contributed by atoms with Gasteiger partial charge in [0, 0.05) is 23.7 Å². The van der Waals surface area contributed by atoms with Gasteiger partial charge in [-0.25, -0.2) is 9.50 Å². The first-order valence-electron chi connectivity index (χ1n) is 11.8. The molecule has 5 nitrogen and oxygen atoms in total. The van der Waals surface area contributed by atoms with E-state index in [1.807, 2.05) is 24.0 Å². The third-order valence-electron chi connectivity index (χ3n) is 6.77. The van der Waals surface area contributed by atoms with E-state index in [2.05, 4.69) is 19.1 Å². The smallest absolute Gasteiger partial charge is 0.394 e. The van der Waals surface area contributed by atoms with Crippen molar-refractivity contribution in [2.45, 2.75) is 45.3 Å². The minimum Gasteiger partial charge on any atom is -0.394 e. The van der Waals surface area contributed by atoms with Gasteiger partial charge in [0.25, 0.3) is 0 Å². The van der Waals surface area contributed by atoms with Crippen LogP contribution in [0.5, 0.6) is 0 Å². The van der Waals surface area contributed by atoms with Crippen LogP contribution in [0.1, 0.15) is 36.6 Å². The fourth-order valence-electron chi connectivity index (χ4n) is 4.89. The quantitative estimate of drug-likeness (QED) is 0.386. The Balaban J connectivity index is 1.76. The van der Waals surface area contributed by atoms with E-state index in [-0.39, 0.29) is 12.6 Å². The van der Waals surface area contributed by atoms with Crippen molar-refractivity contribution in [1.82, 2.24) is 14.6 Å². The second-order valence-electron chi connectivity index (χ2n) is 9.00. The number of hydrogen-bond donors (Lipinski definition) is 1. The van der Waals surface area contributed by atoms with Gasteiger partial charge in [0.1, 0.15) is 5.82 Å². The highest BCUT2D eigenvalue weighted by atomic mass is 19.4. The molecule has 8 heteroatoms. The van der Waals surface area contributed by atoms with E-state index in [9.17, 15) is 18.3 Å². The van der Waals surface area contributed by atoms with Gasteiger partial charge in [0.15, 0.2) is 5.65 Å². The minimum atomic E-state index is -4.45. The molecule has 0 spiro atoms. The van der Waals surface area contributed by atoms with Crippen LogP contribution in [-0.4, -0.2) is 38.9 Å². The van der Waals surface area contributed by atoms with Gasteiger partial charge in [0.05, 0.1) is 29.6 Å². The largest absolute Gasteiger partial charge is 0.416 e. The fraction of sp³-hybridized carbons (Fsp3) is 0.333. The second-order valence-corrected chi connectivity index (χ2v) is 9.00. The Kier molecular flexibility index (Phi) is 6.01. The molecule has 3 heterocycles. The molecule has 0 bridgehead atoms. The van der Waals surface area contributed by atoms with E-state index >= 15 is 0 Å². The van der Waals surface area contributed by atoms with E-state index in [0.29, 0.717) is 22.7 Å². The van der Waals surface area contributed by atoms with Crippen molar-refractivity contribution >= 4 is 11.5 Å². The summed E-state index contributed by atoms with van der Waals surface area (Å²) in [5.41, 5.74) is 4.56. The number of benzene rings is 2. The molecule has 5 rings (SSSR count). The Morgan fingerprint density at radius 3 is 2.51 bits per heavy atom. The zero-order chi connectivity index (χ0) is 24.7. The van der Waals surface area contributed by atoms with Crippen molar-refractivity contribution in [2.24, 2.45) is 0 Å². The first kappa shape index (κ1) is 23.4. The number of fused-ring (bicyclic) bond motifs is 1. The molecule has 0 amide bonds. The standard InChI is InChI=1S/C27H27F3N4O/c1-3-18-9-11-19(12-10-18)25-17(2)32-34-23(20-6-4-7-21(14-20)27(28,29)30)15-24(31-26(25)34)33-13-5-8-22(33)16-35/h4,6-7,9-12,14-15,22,35H,3,5,8,13,16H2,1-2H3. The summed E-state index contributed by atoms with van der Waals surface area (Å²) in [5.74, 6) is 0.632. The van der Waals surface area contributed by atoms with Crippen molar-refractivity contribution in [1.29, 1.82) is 0 Å². The van der Waals surface area contributed by atoms with Gasteiger partial charge in [-0.2, -0.15) is 18.3 Å². The van der Waals surface area contributed by atoms with Gasteiger partial charge >= 0.3 is 6.18 Å². The van der Waals surface area contributed by atoms with E-state index < -0.39 is 11.7 Å². The van der Waals surface area contributed by atoms with Crippen LogP contribution in [0.4, 0.5) is 19.0 Å². The predicted molar refractivity (Wildman–Crippen MR) is 130 cm³/mol. The number of anilines is 1. The van der Waals surface area contributed by atoms with Crippen molar-refractivity contribution in [3.8, 4) is 22.4 Å². The molecule has 1 unspecified atom stereocenters. The molecule has 2 aromatic carbocycles. The third kappa shape index (κ3) is 4.27. The van der Waals surface area contributed by atoms with Crippen molar-refractivity contribution in [2.75, 3.05) is 18.1 Å². The van der Waals surface area contributed by atoms with Crippen LogP contribution in [0.3, 0.4) is 0 Å². The van der Waals surface area contributed by atoms with Crippen LogP contribution >= 0.6 is 0 Å². The second kappa shape index (κ2) is 9.00. The summed E-state index contributed by atoms with van der Waals surface area (Å²) in [6.45, 7) is 4.71. The summed E-state index contributed by atoms with van der Waals surface area (Å²) in [6, 6.07) is 15.2. The number of nitrogens with zero attached hydrogens (tertiary/aromatic N) is 4. The normalized spacial score (nSPS) is 16.4. The number of halogens is 3. The lowest BCUT2D eigenvalue weighted by atomic mass is 10.0. The lowest BCUT2D eigenvalue weighted by Gasteiger charge is -2.25. The Morgan fingerprint density at radius 1 is 1.06 bits per heavy atom. The van der Waals surface area contributed by atoms with Gasteiger partial charge in [-0.05, 0) is 49.4 Å². The molecule has 1 aliphatic rings. The summed E-state index contributed by atoms with van der Waals surface area (Å²) in [7, 11) is 0. The topological polar surface area (TPSA) is 53.7 Å². The number of hydrogen-bond acceptors (Lipinski definition) is 4. The number of aliphatic hydroxyl groups excluding tert-OH is 1. The van der Waals surface area contributed by atoms with Crippen LogP contribution in [-0.2, 0) is 12.6 Å². The summed E-state index contributed by atoms with van der Waals surface area (Å²) < 4.78 is 42.1. The number of aliphatic hydroxyl groups is 1. The highest BCUT2D eigenvalue weighted by molar-refractivity contribution is 5.83. The Morgan fingerprint density at radius 2 is 1.83 bits per heavy atom. The molecule has 4 aromatic rings. The van der Waals surface area contributed by atoms with Gasteiger partial charge in [-0.1, -0.05) is 43.3 Å². The van der Waals surface area contributed by atoms with E-state index in [1.54, 1.807) is 16.6 Å². The number of aromatic nitrogens is 3. The third-order valence-corrected chi connectivity index (χ3v) is 6.77. The van der Waals surface area contributed by atoms with E-state index in [4.69, 9.17) is 10.1 Å². The van der Waals surface area contributed by atoms with Crippen molar-refractivity contribution in [3.63, 3.8) is 0 Å². The van der Waals surface area contributed by atoms with Gasteiger partial charge in [-0.15, -0.1) is 0 Å². The average Bonchev–Trinajstić information content (AvgIpc) is 3.46. The molecule has 182 valence electrons. The van der Waals surface area contributed by atoms with Gasteiger partial charge < -0.3 is 10.0 Å². The van der Waals surface area contributed by atoms with Crippen LogP contribution < -0.4 is 4.90 Å². The van der Waals surface area contributed by atoms with Crippen LogP contribution in [0.15, 0.2) is 54.6 Å². The highest BCUT2D eigenvalue weighted by Gasteiger charge is 2.31. The molecule has 0 aliphatic carbocycles. The minimum absolute atomic E-state index is 0.00458. The summed E-state index contributed by atoms with van der Waals surface area (Å²) in [6.07, 6.45) is -1.77. The Hall–Kier alpha value is -3.39. The summed E-state index contributed by atoms with van der Waals surface area (Å²) in [5, 5.41) is 14.6. The number of alkyl halides is 3. The molecule has 0 radical (unpaired) electrons. The number of rotatable bonds is 5. The molecule has 2 aromatic heterocycles. The number of aryl methyl sites for hydroxylation is 2. The molecule has 1 atom stereocenters. The van der Waals surface area contributed by atoms with Crippen LogP contribution in [0.2, 0.25) is 0 Å². The molecule has 35 heavy (non-hydrogen) atoms. The SMILES string of the molecule is CCc1ccc(-c2c(C)nn3c(-c4cccc(C(F)(F)F)c4)cc(N4CCCC4CO)nc23)cc1. The molecule has 1 aliphatic heterocycles. The van der Waals surface area contributed by atoms with Crippen molar-refractivity contribution < 1.29 is 18.3 Å². The zero-order valence-corrected chi connectivity index (χ0v) is 19.7. The van der Waals surface area contributed by atoms with Crippen LogP contribution in [0, 0.1) is 6.92 Å². The summed E-state index contributed by atoms with van der Waals surface area (Å²) in [4.78, 5) is 6.99. The van der Waals surface area contributed by atoms with Gasteiger partial charge in [-0.3, -0.25) is 0 Å². The molecule has 1 N–H and O–H groups in total. The summed E-state index contributed by atoms with van der Waals surface area (Å²) >= 11 is 0. The predicted octanol–water partition coefficient (Wildman–Crippen LogP) is 5.91. The lowest BCUT2D eigenvalue weighted by Crippen LogP contribution is -2.32. The zero-order valence-electron chi connectivity index (χ0n) is 19.7. The van der Waals surface area contributed by atoms with Gasteiger partial charge in [0.2, 0.25) is 0 Å². The molecular weight excluding hydrogens is 453 g/mol. The lowest BCUT2D eigenvalue weighted by molar-refractivity contribution is -0.137. The molecule has 0 saturated carbocycles. The fourth-order valence-corrected chi connectivity index (χ4v) is 4.89. The maximum Gasteiger partial charge on any atom is 0.416 e. The maximum absolute atomic E-state index is 13.5. The molecule has 1 fully saturated rings. The maximum atomic E-state index is 13.5. The molecular formula is C27H27F3N4O. The first-order chi connectivity index (χ1) is 16.8. The first-order valence-corrected chi connectivity index (χ1v) is 11.8. The average molecular weight is 481 g/mol. The van der Waals surface area contributed by atoms with Crippen molar-refractivity contribution in [3.05, 3.63) is 71.4 Å². The van der Waals surface area contributed by atoms with Crippen LogP contribution in [0.25, 0.3) is 28.0 Å². The molecule has 1 saturated heterocycles.